The van der Waals surface area contributed by atoms with Gasteiger partial charge in [0.25, 0.3) is 0 Å². The van der Waals surface area contributed by atoms with Crippen molar-refractivity contribution in [3.8, 4) is 17.2 Å². The van der Waals surface area contributed by atoms with Crippen molar-refractivity contribution in [1.29, 1.82) is 0 Å². The topological polar surface area (TPSA) is 117 Å². The first-order valence-corrected chi connectivity index (χ1v) is 12.8. The van der Waals surface area contributed by atoms with Crippen LogP contribution in [0.3, 0.4) is 0 Å². The Morgan fingerprint density at radius 3 is 1.91 bits per heavy atom. The number of benzene rings is 2. The number of aliphatic hydroxyl groups is 2. The van der Waals surface area contributed by atoms with Crippen LogP contribution < -0.4 is 19.5 Å². The third-order valence-corrected chi connectivity index (χ3v) is 6.47. The van der Waals surface area contributed by atoms with Crippen molar-refractivity contribution in [2.45, 2.75) is 45.2 Å². The van der Waals surface area contributed by atoms with Crippen molar-refractivity contribution in [2.24, 2.45) is 0 Å². The number of methoxy groups -OCH3 is 3. The van der Waals surface area contributed by atoms with Gasteiger partial charge < -0.3 is 34.6 Å². The molecule has 33 heavy (non-hydrogen) atoms. The van der Waals surface area contributed by atoms with Gasteiger partial charge in [0.2, 0.25) is 13.1 Å². The van der Waals surface area contributed by atoms with E-state index in [9.17, 15) is 14.6 Å². The van der Waals surface area contributed by atoms with Crippen LogP contribution in [0.1, 0.15) is 37.9 Å². The predicted octanol–water partition coefficient (Wildman–Crippen LogP) is 3.58. The number of nitrogens with one attached hydrogen (secondary N) is 1. The van der Waals surface area contributed by atoms with E-state index in [-0.39, 0.29) is 31.0 Å². The van der Waals surface area contributed by atoms with E-state index < -0.39 is 13.5 Å². The highest BCUT2D eigenvalue weighted by atomic mass is 31.2. The molecule has 3 atom stereocenters. The number of ether oxygens (including phenoxy) is 3. The van der Waals surface area contributed by atoms with Gasteiger partial charge in [0.1, 0.15) is 0 Å². The highest BCUT2D eigenvalue weighted by molar-refractivity contribution is 7.57. The maximum atomic E-state index is 12.5. The van der Waals surface area contributed by atoms with Crippen molar-refractivity contribution in [3.05, 3.63) is 53.6 Å². The normalized spacial score (nSPS) is 14.5. The molecule has 0 bridgehead atoms. The molecule has 186 valence electrons. The van der Waals surface area contributed by atoms with Gasteiger partial charge in [-0.2, -0.15) is 0 Å². The first-order chi connectivity index (χ1) is 15.5. The van der Waals surface area contributed by atoms with Crippen LogP contribution in [0.15, 0.2) is 42.5 Å². The molecular weight excluding hydrogens is 445 g/mol. The van der Waals surface area contributed by atoms with Gasteiger partial charge in [-0.25, -0.2) is 0 Å². The minimum absolute atomic E-state index is 0.0489. The Hall–Kier alpha value is -2.09. The molecule has 9 heteroatoms. The Morgan fingerprint density at radius 2 is 1.45 bits per heavy atom. The van der Waals surface area contributed by atoms with E-state index in [1.54, 1.807) is 47.3 Å². The molecule has 0 aliphatic heterocycles. The molecule has 4 N–H and O–H groups in total. The molecule has 0 aliphatic carbocycles. The molecule has 0 spiro atoms. The summed E-state index contributed by atoms with van der Waals surface area (Å²) in [7, 11) is 1.16. The fraction of sp³-hybridized carbons (Fsp3) is 0.500. The van der Waals surface area contributed by atoms with Crippen LogP contribution in [-0.2, 0) is 10.7 Å². The lowest BCUT2D eigenvalue weighted by molar-refractivity contribution is 0.186. The number of aliphatic hydroxyl groups excluding tert-OH is 2. The number of hydrogen-bond donors (Lipinski definition) is 4. The van der Waals surface area contributed by atoms with Gasteiger partial charge in [0, 0.05) is 24.9 Å². The Kier molecular flexibility index (Phi) is 12.5. The van der Waals surface area contributed by atoms with Gasteiger partial charge >= 0.3 is 0 Å². The van der Waals surface area contributed by atoms with Crippen LogP contribution in [0.25, 0.3) is 0 Å². The van der Waals surface area contributed by atoms with Gasteiger partial charge in [-0.05, 0) is 44.0 Å². The summed E-state index contributed by atoms with van der Waals surface area (Å²) in [5, 5.41) is 21.5. The van der Waals surface area contributed by atoms with Crippen LogP contribution in [0, 0.1) is 0 Å². The second kappa shape index (κ2) is 14.2. The fourth-order valence-electron chi connectivity index (χ4n) is 3.11. The van der Waals surface area contributed by atoms with Crippen LogP contribution in [0.2, 0.25) is 0 Å². The maximum absolute atomic E-state index is 12.5. The summed E-state index contributed by atoms with van der Waals surface area (Å²) in [5.41, 5.74) is 1.66. The first kappa shape index (κ1) is 28.9. The fourth-order valence-corrected chi connectivity index (χ4v) is 4.81. The smallest absolute Gasteiger partial charge is 0.207 e. The van der Waals surface area contributed by atoms with Crippen LogP contribution in [0.5, 0.6) is 17.2 Å². The zero-order valence-electron chi connectivity index (χ0n) is 20.3. The second-order valence-electron chi connectivity index (χ2n) is 8.01. The van der Waals surface area contributed by atoms with E-state index in [0.717, 1.165) is 11.1 Å². The van der Waals surface area contributed by atoms with E-state index in [1.807, 2.05) is 37.3 Å². The monoisotopic (exact) mass is 483 g/mol. The summed E-state index contributed by atoms with van der Waals surface area (Å²) < 4.78 is 28.5. The van der Waals surface area contributed by atoms with E-state index in [1.165, 1.54) is 0 Å². The van der Waals surface area contributed by atoms with Crippen molar-refractivity contribution in [2.75, 3.05) is 34.0 Å². The van der Waals surface area contributed by atoms with Gasteiger partial charge in [0.05, 0.1) is 33.6 Å². The zero-order valence-corrected chi connectivity index (χ0v) is 21.2. The van der Waals surface area contributed by atoms with Crippen molar-refractivity contribution < 1.29 is 33.9 Å². The second-order valence-corrected chi connectivity index (χ2v) is 10.4. The molecule has 0 fully saturated rings. The first-order valence-electron chi connectivity index (χ1n) is 10.8. The lowest BCUT2D eigenvalue weighted by atomic mass is 10.1. The van der Waals surface area contributed by atoms with E-state index in [4.69, 9.17) is 19.3 Å². The molecule has 3 unspecified atom stereocenters. The summed E-state index contributed by atoms with van der Waals surface area (Å²) in [6.07, 6.45) is -1.23. The van der Waals surface area contributed by atoms with Crippen LogP contribution in [-0.4, -0.2) is 61.4 Å². The Bertz CT molecular complexity index is 849. The molecule has 2 aromatic rings. The minimum Gasteiger partial charge on any atom is -0.493 e. The van der Waals surface area contributed by atoms with Gasteiger partial charge in [-0.15, -0.1) is 0 Å². The molecule has 0 heterocycles. The summed E-state index contributed by atoms with van der Waals surface area (Å²) in [4.78, 5) is 10.2. The summed E-state index contributed by atoms with van der Waals surface area (Å²) in [6.45, 7) is 5.55. The SMILES string of the molecule is CC(C)O.COc1cc(C(C)NCC(O)CP(=O)(O)Cc2ccccc2)cc(OC)c1OC. The summed E-state index contributed by atoms with van der Waals surface area (Å²) in [6, 6.07) is 12.6. The maximum Gasteiger partial charge on any atom is 0.207 e. The molecule has 0 amide bonds. The molecule has 0 aromatic heterocycles. The standard InChI is InChI=1S/C21H30NO6P.C3H8O/c1-15(17-10-19(26-2)21(28-4)20(11-17)27-3)22-12-18(23)14-29(24,25)13-16-8-6-5-7-9-16;1-3(2)4/h5-11,15,18,22-23H,12-14H2,1-4H3,(H,24,25);3-4H,1-2H3. The van der Waals surface area contributed by atoms with Crippen molar-refractivity contribution >= 4 is 7.37 Å². The third kappa shape index (κ3) is 10.6. The molecule has 0 saturated heterocycles. The third-order valence-electron chi connectivity index (χ3n) is 4.62. The molecule has 8 nitrogen and oxygen atoms in total. The zero-order chi connectivity index (χ0) is 25.0. The van der Waals surface area contributed by atoms with Crippen molar-refractivity contribution in [3.63, 3.8) is 0 Å². The van der Waals surface area contributed by atoms with Crippen molar-refractivity contribution in [1.82, 2.24) is 5.32 Å². The van der Waals surface area contributed by atoms with Crippen LogP contribution in [0.4, 0.5) is 0 Å². The molecule has 0 radical (unpaired) electrons. The summed E-state index contributed by atoms with van der Waals surface area (Å²) in [5.74, 6) is 1.59. The lowest BCUT2D eigenvalue weighted by Crippen LogP contribution is -2.31. The minimum atomic E-state index is -3.49. The average Bonchev–Trinajstić information content (AvgIpc) is 2.75. The largest absolute Gasteiger partial charge is 0.493 e. The Labute approximate surface area is 197 Å². The lowest BCUT2D eigenvalue weighted by Gasteiger charge is -2.21. The van der Waals surface area contributed by atoms with E-state index in [2.05, 4.69) is 5.32 Å². The number of rotatable bonds is 11. The van der Waals surface area contributed by atoms with E-state index in [0.29, 0.717) is 17.2 Å². The molecule has 2 rings (SSSR count). The van der Waals surface area contributed by atoms with Gasteiger partial charge in [-0.3, -0.25) is 4.57 Å². The van der Waals surface area contributed by atoms with E-state index >= 15 is 0 Å². The summed E-state index contributed by atoms with van der Waals surface area (Å²) >= 11 is 0. The highest BCUT2D eigenvalue weighted by Crippen LogP contribution is 2.45. The van der Waals surface area contributed by atoms with Crippen LogP contribution >= 0.6 is 7.37 Å². The Balaban J connectivity index is 0.00000125. The number of hydrogen-bond acceptors (Lipinski definition) is 7. The van der Waals surface area contributed by atoms with Gasteiger partial charge in [0.15, 0.2) is 11.5 Å². The van der Waals surface area contributed by atoms with Gasteiger partial charge in [-0.1, -0.05) is 30.3 Å². The highest BCUT2D eigenvalue weighted by Gasteiger charge is 2.24. The molecule has 0 saturated carbocycles. The predicted molar refractivity (Wildman–Crippen MR) is 131 cm³/mol. The molecule has 0 aliphatic rings. The molecule has 2 aromatic carbocycles. The average molecular weight is 484 g/mol. The Morgan fingerprint density at radius 1 is 0.939 bits per heavy atom. The molecular formula is C24H38NO7P. The quantitative estimate of drug-likeness (QED) is 0.358.